The molecule has 118 valence electrons. The van der Waals surface area contributed by atoms with Gasteiger partial charge in [0.2, 0.25) is 15.9 Å². The maximum Gasteiger partial charge on any atom is 0.243 e. The third-order valence-electron chi connectivity index (χ3n) is 3.24. The minimum absolute atomic E-state index is 0.0401. The third-order valence-corrected chi connectivity index (χ3v) is 5.06. The van der Waals surface area contributed by atoms with Gasteiger partial charge in [-0.3, -0.25) is 4.79 Å². The fourth-order valence-corrected chi connectivity index (χ4v) is 2.97. The Labute approximate surface area is 125 Å². The van der Waals surface area contributed by atoms with E-state index >= 15 is 0 Å². The Morgan fingerprint density at radius 1 is 1.24 bits per heavy atom. The number of likely N-dealkylation sites (N-methyl/N-ethyl adjacent to an activating group) is 1. The maximum atomic E-state index is 12.8. The summed E-state index contributed by atoms with van der Waals surface area (Å²) in [5.74, 6) is -0.861. The van der Waals surface area contributed by atoms with Crippen molar-refractivity contribution >= 4 is 15.9 Å². The number of hydrogen-bond acceptors (Lipinski definition) is 3. The van der Waals surface area contributed by atoms with Crippen molar-refractivity contribution in [1.82, 2.24) is 9.62 Å². The summed E-state index contributed by atoms with van der Waals surface area (Å²) in [5, 5.41) is 2.77. The van der Waals surface area contributed by atoms with Gasteiger partial charge >= 0.3 is 0 Å². The lowest BCUT2D eigenvalue weighted by atomic mass is 10.2. The molecular weight excluding hydrogens is 295 g/mol. The molecule has 1 N–H and O–H groups in total. The van der Waals surface area contributed by atoms with Crippen LogP contribution in [0.25, 0.3) is 0 Å². The van der Waals surface area contributed by atoms with E-state index in [1.165, 1.54) is 19.2 Å². The van der Waals surface area contributed by atoms with Gasteiger partial charge in [-0.25, -0.2) is 12.8 Å². The first-order valence-corrected chi connectivity index (χ1v) is 8.26. The highest BCUT2D eigenvalue weighted by molar-refractivity contribution is 7.89. The normalized spacial score (nSPS) is 11.9. The van der Waals surface area contributed by atoms with Crippen LogP contribution in [0.3, 0.4) is 0 Å². The van der Waals surface area contributed by atoms with E-state index in [2.05, 4.69) is 5.32 Å². The number of hydrogen-bond donors (Lipinski definition) is 1. The SMILES string of the molecule is CCC(CC)NC(=O)CN(C)S(=O)(=O)c1ccc(F)cc1. The van der Waals surface area contributed by atoms with Crippen LogP contribution in [-0.2, 0) is 14.8 Å². The molecule has 1 amide bonds. The Balaban J connectivity index is 2.76. The van der Waals surface area contributed by atoms with E-state index in [9.17, 15) is 17.6 Å². The maximum absolute atomic E-state index is 12.8. The van der Waals surface area contributed by atoms with Crippen molar-refractivity contribution in [2.24, 2.45) is 0 Å². The van der Waals surface area contributed by atoms with Crippen LogP contribution in [0.2, 0.25) is 0 Å². The summed E-state index contributed by atoms with van der Waals surface area (Å²) in [6, 6.07) is 4.55. The van der Waals surface area contributed by atoms with Crippen LogP contribution >= 0.6 is 0 Å². The summed E-state index contributed by atoms with van der Waals surface area (Å²) in [6.45, 7) is 3.64. The quantitative estimate of drug-likeness (QED) is 0.833. The Morgan fingerprint density at radius 3 is 2.24 bits per heavy atom. The molecule has 0 atom stereocenters. The second kappa shape index (κ2) is 7.51. The molecule has 0 unspecified atom stereocenters. The predicted octanol–water partition coefficient (Wildman–Crippen LogP) is 1.75. The first kappa shape index (κ1) is 17.6. The zero-order chi connectivity index (χ0) is 16.0. The minimum atomic E-state index is -3.79. The van der Waals surface area contributed by atoms with Crippen LogP contribution in [0.4, 0.5) is 4.39 Å². The number of carbonyl (C=O) groups excluding carboxylic acids is 1. The van der Waals surface area contributed by atoms with Gasteiger partial charge in [-0.1, -0.05) is 13.8 Å². The van der Waals surface area contributed by atoms with E-state index in [1.807, 2.05) is 13.8 Å². The summed E-state index contributed by atoms with van der Waals surface area (Å²) in [5.41, 5.74) is 0. The van der Waals surface area contributed by atoms with E-state index < -0.39 is 15.8 Å². The van der Waals surface area contributed by atoms with E-state index in [4.69, 9.17) is 0 Å². The van der Waals surface area contributed by atoms with Crippen molar-refractivity contribution in [3.05, 3.63) is 30.1 Å². The summed E-state index contributed by atoms with van der Waals surface area (Å²) in [6.07, 6.45) is 1.58. The molecule has 0 aliphatic heterocycles. The fraction of sp³-hybridized carbons (Fsp3) is 0.500. The number of benzene rings is 1. The molecule has 21 heavy (non-hydrogen) atoms. The molecule has 0 aromatic heterocycles. The van der Waals surface area contributed by atoms with Crippen LogP contribution in [0.1, 0.15) is 26.7 Å². The van der Waals surface area contributed by atoms with Gasteiger partial charge in [-0.15, -0.1) is 0 Å². The number of halogens is 1. The van der Waals surface area contributed by atoms with Crippen molar-refractivity contribution < 1.29 is 17.6 Å². The van der Waals surface area contributed by atoms with Crippen molar-refractivity contribution in [1.29, 1.82) is 0 Å². The van der Waals surface area contributed by atoms with E-state index in [0.717, 1.165) is 29.3 Å². The van der Waals surface area contributed by atoms with Gasteiger partial charge in [0.15, 0.2) is 0 Å². The molecule has 0 fully saturated rings. The molecule has 7 heteroatoms. The number of amides is 1. The van der Waals surface area contributed by atoms with E-state index in [1.54, 1.807) is 0 Å². The van der Waals surface area contributed by atoms with Crippen LogP contribution in [0.5, 0.6) is 0 Å². The topological polar surface area (TPSA) is 66.5 Å². The lowest BCUT2D eigenvalue weighted by Crippen LogP contribution is -2.42. The smallest absolute Gasteiger partial charge is 0.243 e. The number of carbonyl (C=O) groups is 1. The lowest BCUT2D eigenvalue weighted by molar-refractivity contribution is -0.121. The number of nitrogens with one attached hydrogen (secondary N) is 1. The minimum Gasteiger partial charge on any atom is -0.352 e. The molecule has 0 heterocycles. The Morgan fingerprint density at radius 2 is 1.76 bits per heavy atom. The molecular formula is C14H21FN2O3S. The van der Waals surface area contributed by atoms with Gasteiger partial charge in [0.05, 0.1) is 11.4 Å². The van der Waals surface area contributed by atoms with Crippen molar-refractivity contribution in [3.8, 4) is 0 Å². The van der Waals surface area contributed by atoms with Gasteiger partial charge in [0.1, 0.15) is 5.82 Å². The summed E-state index contributed by atoms with van der Waals surface area (Å²) in [7, 11) is -2.47. The Hall–Kier alpha value is -1.47. The summed E-state index contributed by atoms with van der Waals surface area (Å²) < 4.78 is 38.2. The molecule has 0 radical (unpaired) electrons. The lowest BCUT2D eigenvalue weighted by Gasteiger charge is -2.19. The molecule has 1 aromatic rings. The first-order chi connectivity index (χ1) is 9.81. The highest BCUT2D eigenvalue weighted by Crippen LogP contribution is 2.14. The fourth-order valence-electron chi connectivity index (χ4n) is 1.84. The number of nitrogens with zero attached hydrogens (tertiary/aromatic N) is 1. The molecule has 0 aliphatic rings. The second-order valence-corrected chi connectivity index (χ2v) is 6.84. The van der Waals surface area contributed by atoms with Crippen LogP contribution in [0, 0.1) is 5.82 Å². The zero-order valence-electron chi connectivity index (χ0n) is 12.5. The molecule has 0 saturated carbocycles. The van der Waals surface area contributed by atoms with Crippen molar-refractivity contribution in [3.63, 3.8) is 0 Å². The average molecular weight is 316 g/mol. The van der Waals surface area contributed by atoms with E-state index in [0.29, 0.717) is 0 Å². The largest absolute Gasteiger partial charge is 0.352 e. The standard InChI is InChI=1S/C14H21FN2O3S/c1-4-12(5-2)16-14(18)10-17(3)21(19,20)13-8-6-11(15)7-9-13/h6-9,12H,4-5,10H2,1-3H3,(H,16,18). The van der Waals surface area contributed by atoms with Crippen LogP contribution in [0.15, 0.2) is 29.2 Å². The molecule has 0 saturated heterocycles. The van der Waals surface area contributed by atoms with Crippen molar-refractivity contribution in [2.45, 2.75) is 37.6 Å². The monoisotopic (exact) mass is 316 g/mol. The van der Waals surface area contributed by atoms with Crippen LogP contribution < -0.4 is 5.32 Å². The number of sulfonamides is 1. The highest BCUT2D eigenvalue weighted by Gasteiger charge is 2.23. The van der Waals surface area contributed by atoms with Gasteiger partial charge in [-0.2, -0.15) is 4.31 Å². The second-order valence-electron chi connectivity index (χ2n) is 4.80. The molecule has 1 aromatic carbocycles. The zero-order valence-corrected chi connectivity index (χ0v) is 13.3. The van der Waals surface area contributed by atoms with E-state index in [-0.39, 0.29) is 23.4 Å². The number of rotatable bonds is 7. The van der Waals surface area contributed by atoms with Gasteiger partial charge in [0, 0.05) is 13.1 Å². The summed E-state index contributed by atoms with van der Waals surface area (Å²) >= 11 is 0. The Kier molecular flexibility index (Phi) is 6.29. The molecule has 0 aliphatic carbocycles. The highest BCUT2D eigenvalue weighted by atomic mass is 32.2. The van der Waals surface area contributed by atoms with Gasteiger partial charge < -0.3 is 5.32 Å². The Bertz CT molecular complexity index is 568. The molecule has 0 bridgehead atoms. The predicted molar refractivity (Wildman–Crippen MR) is 78.7 cm³/mol. The molecule has 5 nitrogen and oxygen atoms in total. The van der Waals surface area contributed by atoms with Gasteiger partial charge in [-0.05, 0) is 37.1 Å². The average Bonchev–Trinajstić information content (AvgIpc) is 2.45. The van der Waals surface area contributed by atoms with Crippen molar-refractivity contribution in [2.75, 3.05) is 13.6 Å². The third kappa shape index (κ3) is 4.78. The molecule has 1 rings (SSSR count). The first-order valence-electron chi connectivity index (χ1n) is 6.82. The summed E-state index contributed by atoms with van der Waals surface area (Å²) in [4.78, 5) is 11.8. The van der Waals surface area contributed by atoms with Crippen LogP contribution in [-0.4, -0.2) is 38.3 Å². The molecule has 0 spiro atoms. The van der Waals surface area contributed by atoms with Gasteiger partial charge in [0.25, 0.3) is 0 Å².